The van der Waals surface area contributed by atoms with Gasteiger partial charge in [0.05, 0.1) is 11.1 Å². The van der Waals surface area contributed by atoms with Crippen molar-refractivity contribution in [3.8, 4) is 0 Å². The molecular weight excluding hydrogens is 276 g/mol. The first kappa shape index (κ1) is 15.3. The third kappa shape index (κ3) is 2.83. The number of esters is 1. The Balaban J connectivity index is 1.86. The van der Waals surface area contributed by atoms with Crippen LogP contribution in [0.5, 0.6) is 0 Å². The first-order valence-corrected chi connectivity index (χ1v) is 8.14. The van der Waals surface area contributed by atoms with Crippen LogP contribution in [0, 0.1) is 11.3 Å². The quantitative estimate of drug-likeness (QED) is 0.862. The highest BCUT2D eigenvalue weighted by Gasteiger charge is 2.39. The van der Waals surface area contributed by atoms with E-state index in [1.165, 1.54) is 5.56 Å². The van der Waals surface area contributed by atoms with Gasteiger partial charge in [-0.1, -0.05) is 13.8 Å². The monoisotopic (exact) mass is 302 g/mol. The van der Waals surface area contributed by atoms with Crippen LogP contribution in [0.2, 0.25) is 0 Å². The third-order valence-corrected chi connectivity index (χ3v) is 4.56. The summed E-state index contributed by atoms with van der Waals surface area (Å²) < 4.78 is 5.81. The maximum atomic E-state index is 12.3. The number of fused-ring (bicyclic) bond motifs is 1. The summed E-state index contributed by atoms with van der Waals surface area (Å²) in [5.74, 6) is 0.270. The number of carbonyl (C=O) groups is 1. The van der Waals surface area contributed by atoms with E-state index in [0.717, 1.165) is 30.8 Å². The number of hydrogen-bond donors (Lipinski definition) is 1. The number of carbonyl (C=O) groups excluding carboxylic acids is 1. The lowest BCUT2D eigenvalue weighted by Gasteiger charge is -2.23. The fourth-order valence-corrected chi connectivity index (χ4v) is 2.81. The highest BCUT2D eigenvalue weighted by molar-refractivity contribution is 5.75. The van der Waals surface area contributed by atoms with Gasteiger partial charge in [-0.2, -0.15) is 0 Å². The van der Waals surface area contributed by atoms with Gasteiger partial charge in [0.1, 0.15) is 6.10 Å². The molecule has 1 unspecified atom stereocenters. The van der Waals surface area contributed by atoms with Crippen molar-refractivity contribution in [2.45, 2.75) is 59.0 Å². The number of nitrogens with zero attached hydrogens (tertiary/aromatic N) is 1. The molecule has 1 N–H and O–H groups in total. The summed E-state index contributed by atoms with van der Waals surface area (Å²) in [6.45, 7) is 11.0. The molecule has 0 spiro atoms. The molecule has 0 radical (unpaired) electrons. The zero-order chi connectivity index (χ0) is 16.1. The van der Waals surface area contributed by atoms with Gasteiger partial charge in [-0.15, -0.1) is 0 Å². The van der Waals surface area contributed by atoms with E-state index in [0.29, 0.717) is 5.92 Å². The summed E-state index contributed by atoms with van der Waals surface area (Å²) >= 11 is 0. The number of anilines is 1. The van der Waals surface area contributed by atoms with Crippen LogP contribution in [0.1, 0.15) is 64.8 Å². The summed E-state index contributed by atoms with van der Waals surface area (Å²) in [7, 11) is 0. The van der Waals surface area contributed by atoms with Crippen molar-refractivity contribution in [1.82, 2.24) is 4.98 Å². The van der Waals surface area contributed by atoms with Crippen LogP contribution in [-0.4, -0.2) is 17.5 Å². The van der Waals surface area contributed by atoms with Gasteiger partial charge in [0, 0.05) is 35.3 Å². The number of hydrogen-bond acceptors (Lipinski definition) is 4. The van der Waals surface area contributed by atoms with Crippen molar-refractivity contribution in [2.24, 2.45) is 11.3 Å². The molecule has 4 nitrogen and oxygen atoms in total. The lowest BCUT2D eigenvalue weighted by Crippen LogP contribution is -2.26. The average Bonchev–Trinajstić information content (AvgIpc) is 3.21. The van der Waals surface area contributed by atoms with Gasteiger partial charge in [0.15, 0.2) is 0 Å². The number of rotatable bonds is 3. The molecule has 2 aliphatic rings. The SMILES string of the molecule is CC(C)(C)C(=O)OC(c1cc2c(cn1)C(C)(C)CN2)C1CC1. The zero-order valence-corrected chi connectivity index (χ0v) is 14.2. The zero-order valence-electron chi connectivity index (χ0n) is 14.2. The predicted molar refractivity (Wildman–Crippen MR) is 86.8 cm³/mol. The lowest BCUT2D eigenvalue weighted by molar-refractivity contribution is -0.160. The topological polar surface area (TPSA) is 51.2 Å². The van der Waals surface area contributed by atoms with Crippen molar-refractivity contribution in [3.63, 3.8) is 0 Å². The second-order valence-corrected chi connectivity index (χ2v) is 8.31. The van der Waals surface area contributed by atoms with E-state index in [-0.39, 0.29) is 17.5 Å². The van der Waals surface area contributed by atoms with Gasteiger partial charge in [0.2, 0.25) is 0 Å². The van der Waals surface area contributed by atoms with E-state index >= 15 is 0 Å². The van der Waals surface area contributed by atoms with Crippen LogP contribution in [0.4, 0.5) is 5.69 Å². The van der Waals surface area contributed by atoms with Crippen molar-refractivity contribution in [3.05, 3.63) is 23.5 Å². The van der Waals surface area contributed by atoms with Crippen LogP contribution in [-0.2, 0) is 14.9 Å². The van der Waals surface area contributed by atoms with Crippen LogP contribution in [0.15, 0.2) is 12.3 Å². The van der Waals surface area contributed by atoms with E-state index < -0.39 is 5.41 Å². The average molecular weight is 302 g/mol. The van der Waals surface area contributed by atoms with Gasteiger partial charge in [-0.3, -0.25) is 9.78 Å². The number of aromatic nitrogens is 1. The fraction of sp³-hybridized carbons (Fsp3) is 0.667. The molecule has 0 bridgehead atoms. The molecule has 4 heteroatoms. The Kier molecular flexibility index (Phi) is 3.46. The van der Waals surface area contributed by atoms with Gasteiger partial charge in [0.25, 0.3) is 0 Å². The van der Waals surface area contributed by atoms with E-state index in [9.17, 15) is 4.79 Å². The van der Waals surface area contributed by atoms with E-state index in [1.54, 1.807) is 0 Å². The third-order valence-electron chi connectivity index (χ3n) is 4.56. The molecule has 0 aromatic carbocycles. The Morgan fingerprint density at radius 3 is 2.68 bits per heavy atom. The normalized spacial score (nSPS) is 21.0. The molecule has 0 saturated heterocycles. The Morgan fingerprint density at radius 1 is 1.41 bits per heavy atom. The lowest BCUT2D eigenvalue weighted by atomic mass is 9.88. The van der Waals surface area contributed by atoms with Gasteiger partial charge < -0.3 is 10.1 Å². The molecule has 3 rings (SSSR count). The molecule has 0 amide bonds. The number of ether oxygens (including phenoxy) is 1. The molecule has 120 valence electrons. The minimum absolute atomic E-state index is 0.109. The van der Waals surface area contributed by atoms with E-state index in [2.05, 4.69) is 30.2 Å². The molecule has 1 fully saturated rings. The molecule has 22 heavy (non-hydrogen) atoms. The number of pyridine rings is 1. The maximum absolute atomic E-state index is 12.3. The van der Waals surface area contributed by atoms with E-state index in [1.807, 2.05) is 27.0 Å². The highest BCUT2D eigenvalue weighted by Crippen LogP contribution is 2.45. The van der Waals surface area contributed by atoms with E-state index in [4.69, 9.17) is 4.74 Å². The Bertz CT molecular complexity index is 598. The first-order valence-electron chi connectivity index (χ1n) is 8.14. The largest absolute Gasteiger partial charge is 0.455 e. The van der Waals surface area contributed by atoms with Crippen LogP contribution in [0.25, 0.3) is 0 Å². The Hall–Kier alpha value is -1.58. The fourth-order valence-electron chi connectivity index (χ4n) is 2.81. The van der Waals surface area contributed by atoms with Gasteiger partial charge in [-0.25, -0.2) is 0 Å². The summed E-state index contributed by atoms with van der Waals surface area (Å²) in [4.78, 5) is 16.9. The van der Waals surface area contributed by atoms with Gasteiger partial charge in [-0.05, 0) is 39.7 Å². The molecule has 2 heterocycles. The first-order chi connectivity index (χ1) is 10.2. The standard InChI is InChI=1S/C18H26N2O2/c1-17(2,3)16(21)22-15(11-6-7-11)14-8-13-12(9-19-14)18(4,5)10-20-13/h8-9,11,15,20H,6-7,10H2,1-5H3. The van der Waals surface area contributed by atoms with Crippen LogP contribution in [0.3, 0.4) is 0 Å². The molecule has 1 aliphatic heterocycles. The van der Waals surface area contributed by atoms with Crippen molar-refractivity contribution in [1.29, 1.82) is 0 Å². The molecule has 1 aromatic rings. The summed E-state index contributed by atoms with van der Waals surface area (Å²) in [5, 5.41) is 3.45. The maximum Gasteiger partial charge on any atom is 0.311 e. The second-order valence-electron chi connectivity index (χ2n) is 8.31. The van der Waals surface area contributed by atoms with Crippen LogP contribution >= 0.6 is 0 Å². The van der Waals surface area contributed by atoms with Gasteiger partial charge >= 0.3 is 5.97 Å². The van der Waals surface area contributed by atoms with Crippen molar-refractivity contribution < 1.29 is 9.53 Å². The predicted octanol–water partition coefficient (Wildman–Crippen LogP) is 3.83. The molecule has 1 atom stereocenters. The molecule has 1 aromatic heterocycles. The summed E-state index contributed by atoms with van der Waals surface area (Å²) in [6, 6.07) is 2.07. The Morgan fingerprint density at radius 2 is 2.09 bits per heavy atom. The second kappa shape index (κ2) is 4.97. The molecule has 1 saturated carbocycles. The minimum atomic E-state index is -0.482. The Labute approximate surface area is 132 Å². The molecule has 1 aliphatic carbocycles. The smallest absolute Gasteiger partial charge is 0.311 e. The highest BCUT2D eigenvalue weighted by atomic mass is 16.5. The van der Waals surface area contributed by atoms with Crippen molar-refractivity contribution >= 4 is 11.7 Å². The summed E-state index contributed by atoms with van der Waals surface area (Å²) in [5.41, 5.74) is 2.88. The molecular formula is C18H26N2O2. The van der Waals surface area contributed by atoms with Crippen molar-refractivity contribution in [2.75, 3.05) is 11.9 Å². The minimum Gasteiger partial charge on any atom is -0.455 e. The number of nitrogens with one attached hydrogen (secondary N) is 1. The van der Waals surface area contributed by atoms with Crippen LogP contribution < -0.4 is 5.32 Å². The summed E-state index contributed by atoms with van der Waals surface area (Å²) in [6.07, 6.45) is 3.97.